The number of aryl methyl sites for hydroxylation is 1. The fraction of sp³-hybridized carbons (Fsp3) is 0.429. The van der Waals surface area contributed by atoms with Crippen molar-refractivity contribution < 1.29 is 18.0 Å². The summed E-state index contributed by atoms with van der Waals surface area (Å²) in [7, 11) is 1.76. The van der Waals surface area contributed by atoms with Gasteiger partial charge in [0, 0.05) is 30.1 Å². The third-order valence-corrected chi connectivity index (χ3v) is 5.46. The number of rotatable bonds is 5. The number of fused-ring (bicyclic) bond motifs is 1. The van der Waals surface area contributed by atoms with Crippen LogP contribution in [0.4, 0.5) is 13.2 Å². The van der Waals surface area contributed by atoms with Gasteiger partial charge in [0.05, 0.1) is 24.4 Å². The zero-order valence-corrected chi connectivity index (χ0v) is 17.0. The SMILES string of the molecule is Cn1cc(-c2ccc3cnc(C(CC(F)(F)F)NC(=O)C4CCNCC4)cc3c2)nn1. The molecule has 1 amide bonds. The Morgan fingerprint density at radius 2 is 2.03 bits per heavy atom. The number of pyridine rings is 1. The molecular formula is C21H23F3N6O. The summed E-state index contributed by atoms with van der Waals surface area (Å²) < 4.78 is 41.4. The van der Waals surface area contributed by atoms with Crippen LogP contribution in [0, 0.1) is 5.92 Å². The zero-order valence-electron chi connectivity index (χ0n) is 17.0. The molecule has 1 atom stereocenters. The zero-order chi connectivity index (χ0) is 22.0. The number of hydrogen-bond acceptors (Lipinski definition) is 5. The van der Waals surface area contributed by atoms with E-state index in [1.807, 2.05) is 18.2 Å². The molecule has 2 aromatic heterocycles. The van der Waals surface area contributed by atoms with Gasteiger partial charge in [-0.05, 0) is 43.5 Å². The first-order chi connectivity index (χ1) is 14.8. The number of nitrogens with zero attached hydrogens (tertiary/aromatic N) is 4. The number of alkyl halides is 3. The predicted octanol–water partition coefficient (Wildman–Crippen LogP) is 3.14. The number of nitrogens with one attached hydrogen (secondary N) is 2. The summed E-state index contributed by atoms with van der Waals surface area (Å²) >= 11 is 0. The van der Waals surface area contributed by atoms with Crippen molar-refractivity contribution in [3.63, 3.8) is 0 Å². The van der Waals surface area contributed by atoms with Crippen molar-refractivity contribution in [1.82, 2.24) is 30.6 Å². The highest BCUT2D eigenvalue weighted by Crippen LogP contribution is 2.31. The van der Waals surface area contributed by atoms with Gasteiger partial charge in [-0.3, -0.25) is 14.5 Å². The smallest absolute Gasteiger partial charge is 0.347 e. The van der Waals surface area contributed by atoms with Gasteiger partial charge in [-0.25, -0.2) is 0 Å². The molecule has 1 aromatic carbocycles. The molecule has 1 saturated heterocycles. The molecule has 0 bridgehead atoms. The van der Waals surface area contributed by atoms with Crippen molar-refractivity contribution in [3.05, 3.63) is 42.4 Å². The molecule has 0 saturated carbocycles. The number of piperidine rings is 1. The van der Waals surface area contributed by atoms with Crippen molar-refractivity contribution in [1.29, 1.82) is 0 Å². The normalized spacial score (nSPS) is 16.4. The average Bonchev–Trinajstić information content (AvgIpc) is 3.18. The van der Waals surface area contributed by atoms with Crippen molar-refractivity contribution in [2.75, 3.05) is 13.1 Å². The molecule has 31 heavy (non-hydrogen) atoms. The van der Waals surface area contributed by atoms with Crippen LogP contribution >= 0.6 is 0 Å². The number of aromatic nitrogens is 4. The lowest BCUT2D eigenvalue weighted by atomic mass is 9.96. The molecule has 4 rings (SSSR count). The van der Waals surface area contributed by atoms with Crippen LogP contribution in [0.25, 0.3) is 22.0 Å². The topological polar surface area (TPSA) is 84.7 Å². The Bertz CT molecular complexity index is 1070. The Morgan fingerprint density at radius 3 is 2.71 bits per heavy atom. The quantitative estimate of drug-likeness (QED) is 0.647. The molecule has 0 spiro atoms. The monoisotopic (exact) mass is 432 g/mol. The van der Waals surface area contributed by atoms with Gasteiger partial charge >= 0.3 is 6.18 Å². The fourth-order valence-corrected chi connectivity index (χ4v) is 3.82. The van der Waals surface area contributed by atoms with E-state index in [0.29, 0.717) is 31.6 Å². The van der Waals surface area contributed by atoms with Crippen molar-refractivity contribution in [2.45, 2.75) is 31.5 Å². The largest absolute Gasteiger partial charge is 0.391 e. The molecule has 164 valence electrons. The molecule has 0 radical (unpaired) electrons. The first-order valence-corrected chi connectivity index (χ1v) is 10.1. The number of carbonyl (C=O) groups is 1. The van der Waals surface area contributed by atoms with Crippen LogP contribution in [-0.2, 0) is 11.8 Å². The van der Waals surface area contributed by atoms with Gasteiger partial charge in [0.1, 0.15) is 5.69 Å². The van der Waals surface area contributed by atoms with Gasteiger partial charge in [0.2, 0.25) is 5.91 Å². The molecular weight excluding hydrogens is 409 g/mol. The van der Waals surface area contributed by atoms with Gasteiger partial charge < -0.3 is 10.6 Å². The van der Waals surface area contributed by atoms with E-state index >= 15 is 0 Å². The summed E-state index contributed by atoms with van der Waals surface area (Å²) in [6.45, 7) is 1.36. The van der Waals surface area contributed by atoms with E-state index in [1.165, 1.54) is 6.20 Å². The van der Waals surface area contributed by atoms with Crippen LogP contribution in [0.2, 0.25) is 0 Å². The Morgan fingerprint density at radius 1 is 1.26 bits per heavy atom. The Hall–Kier alpha value is -3.01. The lowest BCUT2D eigenvalue weighted by Crippen LogP contribution is -2.40. The second kappa shape index (κ2) is 8.62. The van der Waals surface area contributed by atoms with E-state index in [-0.39, 0.29) is 17.5 Å². The molecule has 3 aromatic rings. The van der Waals surface area contributed by atoms with Crippen LogP contribution in [0.1, 0.15) is 31.0 Å². The van der Waals surface area contributed by atoms with E-state index in [9.17, 15) is 18.0 Å². The van der Waals surface area contributed by atoms with Gasteiger partial charge in [-0.2, -0.15) is 13.2 Å². The van der Waals surface area contributed by atoms with E-state index < -0.39 is 18.6 Å². The molecule has 10 heteroatoms. The second-order valence-corrected chi connectivity index (χ2v) is 7.85. The summed E-state index contributed by atoms with van der Waals surface area (Å²) in [6.07, 6.45) is -1.11. The van der Waals surface area contributed by atoms with Crippen molar-refractivity contribution >= 4 is 16.7 Å². The summed E-state index contributed by atoms with van der Waals surface area (Å²) in [5.41, 5.74) is 1.64. The Labute approximate surface area is 177 Å². The van der Waals surface area contributed by atoms with Crippen LogP contribution in [0.3, 0.4) is 0 Å². The van der Waals surface area contributed by atoms with Gasteiger partial charge in [-0.1, -0.05) is 17.3 Å². The maximum atomic E-state index is 13.3. The van der Waals surface area contributed by atoms with Crippen molar-refractivity contribution in [3.8, 4) is 11.3 Å². The maximum Gasteiger partial charge on any atom is 0.391 e. The summed E-state index contributed by atoms with van der Waals surface area (Å²) in [5.74, 6) is -0.647. The maximum absolute atomic E-state index is 13.3. The summed E-state index contributed by atoms with van der Waals surface area (Å²) in [6, 6.07) is 5.90. The summed E-state index contributed by atoms with van der Waals surface area (Å²) in [5, 5.41) is 15.2. The minimum absolute atomic E-state index is 0.184. The molecule has 3 heterocycles. The Balaban J connectivity index is 1.64. The number of carbonyl (C=O) groups excluding carboxylic acids is 1. The average molecular weight is 432 g/mol. The highest BCUT2D eigenvalue weighted by Gasteiger charge is 2.35. The van der Waals surface area contributed by atoms with Gasteiger partial charge in [-0.15, -0.1) is 5.10 Å². The van der Waals surface area contributed by atoms with Crippen molar-refractivity contribution in [2.24, 2.45) is 13.0 Å². The number of amides is 1. The number of benzene rings is 1. The van der Waals surface area contributed by atoms with Gasteiger partial charge in [0.25, 0.3) is 0 Å². The number of halogens is 3. The molecule has 2 N–H and O–H groups in total. The molecule has 1 fully saturated rings. The van der Waals surface area contributed by atoms with E-state index in [0.717, 1.165) is 16.3 Å². The first-order valence-electron chi connectivity index (χ1n) is 10.1. The predicted molar refractivity (Wildman–Crippen MR) is 109 cm³/mol. The lowest BCUT2D eigenvalue weighted by Gasteiger charge is -2.26. The lowest BCUT2D eigenvalue weighted by molar-refractivity contribution is -0.144. The highest BCUT2D eigenvalue weighted by molar-refractivity contribution is 5.86. The fourth-order valence-electron chi connectivity index (χ4n) is 3.82. The highest BCUT2D eigenvalue weighted by atomic mass is 19.4. The van der Waals surface area contributed by atoms with E-state index in [1.54, 1.807) is 24.0 Å². The van der Waals surface area contributed by atoms with E-state index in [2.05, 4.69) is 25.9 Å². The molecule has 0 aliphatic carbocycles. The third kappa shape index (κ3) is 5.19. The van der Waals surface area contributed by atoms with Crippen LogP contribution in [0.5, 0.6) is 0 Å². The molecule has 7 nitrogen and oxygen atoms in total. The standard InChI is InChI=1S/C21H23F3N6O/c1-30-12-19(28-29-30)14-2-3-15-11-26-17(9-16(15)8-14)18(10-21(22,23)24)27-20(31)13-4-6-25-7-5-13/h2-3,8-9,11-13,18,25H,4-7,10H2,1H3,(H,27,31). The van der Waals surface area contributed by atoms with Crippen LogP contribution < -0.4 is 10.6 Å². The van der Waals surface area contributed by atoms with Gasteiger partial charge in [0.15, 0.2) is 0 Å². The number of hydrogen-bond donors (Lipinski definition) is 2. The van der Waals surface area contributed by atoms with Crippen LogP contribution in [-0.4, -0.2) is 45.2 Å². The second-order valence-electron chi connectivity index (χ2n) is 7.85. The first kappa shape index (κ1) is 21.2. The molecule has 1 aliphatic rings. The third-order valence-electron chi connectivity index (χ3n) is 5.46. The summed E-state index contributed by atoms with van der Waals surface area (Å²) in [4.78, 5) is 16.9. The minimum atomic E-state index is -4.44. The minimum Gasteiger partial charge on any atom is -0.347 e. The van der Waals surface area contributed by atoms with Crippen LogP contribution in [0.15, 0.2) is 36.7 Å². The van der Waals surface area contributed by atoms with E-state index in [4.69, 9.17) is 0 Å². The Kier molecular flexibility index (Phi) is 5.90. The molecule has 1 aliphatic heterocycles. The molecule has 1 unspecified atom stereocenters.